The summed E-state index contributed by atoms with van der Waals surface area (Å²) in [6.45, 7) is 1.59. The lowest BCUT2D eigenvalue weighted by Crippen LogP contribution is -2.22. The number of nitrogens with zero attached hydrogens (tertiary/aromatic N) is 5. The van der Waals surface area contributed by atoms with Gasteiger partial charge in [-0.3, -0.25) is 14.3 Å². The molecule has 1 aliphatic heterocycles. The van der Waals surface area contributed by atoms with Gasteiger partial charge in [-0.25, -0.2) is 15.0 Å². The van der Waals surface area contributed by atoms with Crippen LogP contribution in [0.25, 0.3) is 22.2 Å². The molecule has 0 amide bonds. The van der Waals surface area contributed by atoms with E-state index in [1.807, 2.05) is 30.3 Å². The van der Waals surface area contributed by atoms with Crippen molar-refractivity contribution in [3.63, 3.8) is 0 Å². The number of para-hydroxylation sites is 1. The zero-order valence-electron chi connectivity index (χ0n) is 22.1. The van der Waals surface area contributed by atoms with Crippen molar-refractivity contribution in [1.82, 2.24) is 24.5 Å². The Balaban J connectivity index is 1.23. The van der Waals surface area contributed by atoms with E-state index >= 15 is 0 Å². The van der Waals surface area contributed by atoms with Gasteiger partial charge in [0.05, 0.1) is 41.6 Å². The zero-order chi connectivity index (χ0) is 28.0. The van der Waals surface area contributed by atoms with Crippen LogP contribution < -0.4 is 25.1 Å². The fraction of sp³-hybridized carbons (Fsp3) is 0.207. The van der Waals surface area contributed by atoms with Crippen molar-refractivity contribution in [3.05, 3.63) is 83.7 Å². The summed E-state index contributed by atoms with van der Waals surface area (Å²) in [5, 5.41) is 3.78. The van der Waals surface area contributed by atoms with Gasteiger partial charge in [-0.1, -0.05) is 18.2 Å². The molecular weight excluding hydrogens is 528 g/mol. The molecule has 208 valence electrons. The van der Waals surface area contributed by atoms with Gasteiger partial charge in [-0.15, -0.1) is 0 Å². The van der Waals surface area contributed by atoms with E-state index < -0.39 is 0 Å². The minimum Gasteiger partial charge on any atom is -0.487 e. The van der Waals surface area contributed by atoms with Crippen molar-refractivity contribution < 1.29 is 23.7 Å². The molecule has 4 heterocycles. The number of ether oxygens (including phenoxy) is 5. The lowest BCUT2D eigenvalue weighted by Gasteiger charge is -2.14. The second-order valence-corrected chi connectivity index (χ2v) is 8.96. The maximum Gasteiger partial charge on any atom is 0.264 e. The lowest BCUT2D eigenvalue weighted by atomic mass is 10.2. The topological polar surface area (TPSA) is 132 Å². The van der Waals surface area contributed by atoms with Crippen molar-refractivity contribution in [2.45, 2.75) is 0 Å². The van der Waals surface area contributed by atoms with Crippen LogP contribution in [0, 0.1) is 0 Å². The van der Waals surface area contributed by atoms with Crippen molar-refractivity contribution in [2.75, 3.05) is 38.5 Å². The quantitative estimate of drug-likeness (QED) is 0.337. The van der Waals surface area contributed by atoms with Crippen LogP contribution in [0.5, 0.6) is 23.1 Å². The molecule has 3 aromatic heterocycles. The van der Waals surface area contributed by atoms with E-state index in [0.717, 1.165) is 5.69 Å². The first-order chi connectivity index (χ1) is 20.2. The van der Waals surface area contributed by atoms with Gasteiger partial charge in [-0.05, 0) is 30.3 Å². The third kappa shape index (κ3) is 5.93. The number of hydrogen-bond donors (Lipinski definition) is 1. The minimum absolute atomic E-state index is 0.184. The van der Waals surface area contributed by atoms with Gasteiger partial charge >= 0.3 is 0 Å². The maximum absolute atomic E-state index is 13.1. The molecule has 0 fully saturated rings. The molecule has 12 heteroatoms. The molecular formula is C29H26N6O6. The van der Waals surface area contributed by atoms with Crippen LogP contribution in [0.1, 0.15) is 0 Å². The second kappa shape index (κ2) is 12.0. The third-order valence-corrected chi connectivity index (χ3v) is 6.23. The highest BCUT2D eigenvalue weighted by molar-refractivity contribution is 5.87. The summed E-state index contributed by atoms with van der Waals surface area (Å²) in [5.41, 5.74) is 2.03. The Bertz CT molecular complexity index is 1710. The van der Waals surface area contributed by atoms with Gasteiger partial charge in [0.15, 0.2) is 11.5 Å². The van der Waals surface area contributed by atoms with Gasteiger partial charge in [0.25, 0.3) is 5.56 Å². The Morgan fingerprint density at radius 1 is 0.854 bits per heavy atom. The maximum atomic E-state index is 13.1. The number of benzene rings is 2. The largest absolute Gasteiger partial charge is 0.487 e. The number of aromatic nitrogens is 5. The van der Waals surface area contributed by atoms with E-state index in [1.54, 1.807) is 31.3 Å². The number of anilines is 2. The van der Waals surface area contributed by atoms with E-state index in [-0.39, 0.29) is 12.4 Å². The summed E-state index contributed by atoms with van der Waals surface area (Å²) in [5.74, 6) is 2.23. The van der Waals surface area contributed by atoms with Crippen LogP contribution in [0.15, 0.2) is 78.1 Å². The highest BCUT2D eigenvalue weighted by Crippen LogP contribution is 2.36. The van der Waals surface area contributed by atoms with E-state index in [0.29, 0.717) is 77.7 Å². The number of nitrogens with one attached hydrogen (secondary N) is 1. The number of pyridine rings is 1. The summed E-state index contributed by atoms with van der Waals surface area (Å²) < 4.78 is 30.0. The van der Waals surface area contributed by atoms with Gasteiger partial charge < -0.3 is 29.0 Å². The van der Waals surface area contributed by atoms with Crippen LogP contribution >= 0.6 is 0 Å². The average Bonchev–Trinajstić information content (AvgIpc) is 3.05. The predicted octanol–water partition coefficient (Wildman–Crippen LogP) is 4.08. The molecule has 0 aliphatic carbocycles. The standard InChI is InChI=1S/C29H26N6O6/c1-35-28(36)22(16-31-29(35)34-19-5-3-2-4-6-19)23-8-7-20(15-30-23)41-27-21-13-25-26(14-24(21)32-17-33-27)40-12-10-38-18-37-9-11-39-25/h2-8,13-17H,9-12,18H2,1H3,(H,31,34). The van der Waals surface area contributed by atoms with Crippen molar-refractivity contribution >= 4 is 22.5 Å². The first-order valence-electron chi connectivity index (χ1n) is 12.9. The summed E-state index contributed by atoms with van der Waals surface area (Å²) in [6, 6.07) is 16.5. The Labute approximate surface area is 234 Å². The molecule has 0 bridgehead atoms. The lowest BCUT2D eigenvalue weighted by molar-refractivity contribution is -0.0637. The molecule has 0 saturated carbocycles. The average molecular weight is 555 g/mol. The molecule has 12 nitrogen and oxygen atoms in total. The monoisotopic (exact) mass is 554 g/mol. The number of rotatable bonds is 5. The first kappa shape index (κ1) is 26.2. The smallest absolute Gasteiger partial charge is 0.264 e. The summed E-state index contributed by atoms with van der Waals surface area (Å²) in [4.78, 5) is 30.6. The molecule has 0 atom stereocenters. The van der Waals surface area contributed by atoms with Crippen molar-refractivity contribution in [3.8, 4) is 34.4 Å². The Morgan fingerprint density at radius 3 is 2.39 bits per heavy atom. The molecule has 0 saturated heterocycles. The molecule has 1 aliphatic rings. The summed E-state index contributed by atoms with van der Waals surface area (Å²) in [7, 11) is 1.66. The minimum atomic E-state index is -0.237. The predicted molar refractivity (Wildman–Crippen MR) is 150 cm³/mol. The SMILES string of the molecule is Cn1c(Nc2ccccc2)ncc(-c2ccc(Oc3ncnc4cc5c(cc34)OCCOCOCCO5)cn2)c1=O. The Kier molecular flexibility index (Phi) is 7.65. The van der Waals surface area contributed by atoms with Gasteiger partial charge in [0.1, 0.15) is 32.1 Å². The van der Waals surface area contributed by atoms with E-state index in [9.17, 15) is 4.79 Å². The molecule has 41 heavy (non-hydrogen) atoms. The van der Waals surface area contributed by atoms with Gasteiger partial charge in [0, 0.05) is 25.0 Å². The normalized spacial score (nSPS) is 13.8. The van der Waals surface area contributed by atoms with Crippen molar-refractivity contribution in [2.24, 2.45) is 7.05 Å². The molecule has 1 N–H and O–H groups in total. The van der Waals surface area contributed by atoms with E-state index in [1.165, 1.54) is 23.3 Å². The molecule has 2 aromatic carbocycles. The second-order valence-electron chi connectivity index (χ2n) is 8.96. The molecule has 6 rings (SSSR count). The highest BCUT2D eigenvalue weighted by Gasteiger charge is 2.16. The van der Waals surface area contributed by atoms with Crippen LogP contribution in [-0.4, -0.2) is 57.7 Å². The van der Waals surface area contributed by atoms with Crippen molar-refractivity contribution in [1.29, 1.82) is 0 Å². The number of fused-ring (bicyclic) bond motifs is 2. The fourth-order valence-electron chi connectivity index (χ4n) is 4.14. The van der Waals surface area contributed by atoms with E-state index in [2.05, 4.69) is 25.3 Å². The van der Waals surface area contributed by atoms with Crippen LogP contribution in [0.2, 0.25) is 0 Å². The molecule has 5 aromatic rings. The third-order valence-electron chi connectivity index (χ3n) is 6.23. The highest BCUT2D eigenvalue weighted by atomic mass is 16.7. The summed E-state index contributed by atoms with van der Waals surface area (Å²) in [6.07, 6.45) is 4.45. The van der Waals surface area contributed by atoms with Gasteiger partial charge in [-0.2, -0.15) is 0 Å². The van der Waals surface area contributed by atoms with Crippen LogP contribution in [0.4, 0.5) is 11.6 Å². The Morgan fingerprint density at radius 2 is 1.63 bits per heavy atom. The van der Waals surface area contributed by atoms with E-state index in [4.69, 9.17) is 23.7 Å². The molecule has 0 unspecified atom stereocenters. The zero-order valence-corrected chi connectivity index (χ0v) is 22.1. The molecule has 0 spiro atoms. The fourth-order valence-corrected chi connectivity index (χ4v) is 4.14. The molecule has 0 radical (unpaired) electrons. The summed E-state index contributed by atoms with van der Waals surface area (Å²) >= 11 is 0. The van der Waals surface area contributed by atoms with Crippen LogP contribution in [-0.2, 0) is 16.5 Å². The first-order valence-corrected chi connectivity index (χ1v) is 12.9. The van der Waals surface area contributed by atoms with Gasteiger partial charge in [0.2, 0.25) is 11.8 Å². The number of hydrogen-bond acceptors (Lipinski definition) is 11. The van der Waals surface area contributed by atoms with Crippen LogP contribution in [0.3, 0.4) is 0 Å². The Hall–Kier alpha value is -5.07.